The van der Waals surface area contributed by atoms with E-state index in [2.05, 4.69) is 31.3 Å². The first kappa shape index (κ1) is 13.9. The number of hydrogen-bond donors (Lipinski definition) is 4. The van der Waals surface area contributed by atoms with Gasteiger partial charge >= 0.3 is 0 Å². The zero-order chi connectivity index (χ0) is 13.9. The predicted octanol–water partition coefficient (Wildman–Crippen LogP) is 0.429. The summed E-state index contributed by atoms with van der Waals surface area (Å²) >= 11 is 12.6. The maximum atomic E-state index is 6.43. The summed E-state index contributed by atoms with van der Waals surface area (Å²) in [4.78, 5) is 8.65. The summed E-state index contributed by atoms with van der Waals surface area (Å²) in [7, 11) is 0. The summed E-state index contributed by atoms with van der Waals surface area (Å²) in [5.74, 6) is 0.589. The van der Waals surface area contributed by atoms with Gasteiger partial charge in [-0.05, 0) is 0 Å². The topological polar surface area (TPSA) is 72.8 Å². The van der Waals surface area contributed by atoms with Crippen molar-refractivity contribution in [3.63, 3.8) is 0 Å². The highest BCUT2D eigenvalue weighted by Gasteiger charge is 2.23. The van der Waals surface area contributed by atoms with Crippen LogP contribution in [0.1, 0.15) is 6.42 Å². The zero-order valence-corrected chi connectivity index (χ0v) is 12.4. The average molecular weight is 315 g/mol. The van der Waals surface area contributed by atoms with Gasteiger partial charge in [-0.3, -0.25) is 5.32 Å². The number of guanidine groups is 1. The monoisotopic (exact) mass is 314 g/mol. The molecule has 1 aliphatic carbocycles. The van der Waals surface area contributed by atoms with E-state index in [0.29, 0.717) is 28.2 Å². The summed E-state index contributed by atoms with van der Waals surface area (Å²) in [6, 6.07) is 0. The third-order valence-electron chi connectivity index (χ3n) is 3.23. The molecule has 108 valence electrons. The normalized spacial score (nSPS) is 28.5. The van der Waals surface area contributed by atoms with E-state index in [0.717, 1.165) is 32.0 Å². The number of allylic oxidation sites excluding steroid dienone is 3. The summed E-state index contributed by atoms with van der Waals surface area (Å²) in [5, 5.41) is 14.1. The maximum Gasteiger partial charge on any atom is 0.218 e. The number of nitrogens with zero attached hydrogens (tertiary/aromatic N) is 2. The Kier molecular flexibility index (Phi) is 4.26. The molecule has 6 nitrogen and oxygen atoms in total. The zero-order valence-electron chi connectivity index (χ0n) is 10.8. The molecular weight excluding hydrogens is 299 g/mol. The Morgan fingerprint density at radius 1 is 1.40 bits per heavy atom. The lowest BCUT2D eigenvalue weighted by Crippen LogP contribution is -2.40. The van der Waals surface area contributed by atoms with Gasteiger partial charge in [-0.25, -0.2) is 9.98 Å². The van der Waals surface area contributed by atoms with E-state index in [1.807, 2.05) is 6.08 Å². The van der Waals surface area contributed by atoms with Gasteiger partial charge in [0.05, 0.1) is 22.8 Å². The van der Waals surface area contributed by atoms with Crippen molar-refractivity contribution in [3.05, 3.63) is 21.8 Å². The Balaban J connectivity index is 1.81. The van der Waals surface area contributed by atoms with Crippen LogP contribution in [0.3, 0.4) is 0 Å². The number of hydrogen-bond acceptors (Lipinski definition) is 6. The Morgan fingerprint density at radius 3 is 3.00 bits per heavy atom. The van der Waals surface area contributed by atoms with Gasteiger partial charge < -0.3 is 16.0 Å². The van der Waals surface area contributed by atoms with Crippen LogP contribution in [0.15, 0.2) is 31.8 Å². The van der Waals surface area contributed by atoms with Crippen molar-refractivity contribution in [1.82, 2.24) is 21.3 Å². The molecule has 1 fully saturated rings. The lowest BCUT2D eigenvalue weighted by Gasteiger charge is -2.21. The lowest BCUT2D eigenvalue weighted by molar-refractivity contribution is 0.550. The van der Waals surface area contributed by atoms with Gasteiger partial charge in [-0.15, -0.1) is 0 Å². The summed E-state index contributed by atoms with van der Waals surface area (Å²) < 4.78 is 0. The van der Waals surface area contributed by atoms with Crippen molar-refractivity contribution in [1.29, 1.82) is 0 Å². The fraction of sp³-hybridized carbons (Fsp3) is 0.500. The quantitative estimate of drug-likeness (QED) is 0.596. The third kappa shape index (κ3) is 2.98. The van der Waals surface area contributed by atoms with Gasteiger partial charge in [0.2, 0.25) is 5.96 Å². The second-order valence-corrected chi connectivity index (χ2v) is 5.46. The molecule has 0 saturated carbocycles. The van der Waals surface area contributed by atoms with Gasteiger partial charge in [0.1, 0.15) is 5.71 Å². The SMILES string of the molecule is ClC1=CCC(NC2CNCN2)=C(Cl)C1=NC1=NCCN1. The average Bonchev–Trinajstić information content (AvgIpc) is 3.11. The number of halogens is 2. The van der Waals surface area contributed by atoms with E-state index in [-0.39, 0.29) is 6.17 Å². The van der Waals surface area contributed by atoms with Crippen LogP contribution in [0.5, 0.6) is 0 Å². The number of rotatable bonds is 2. The minimum Gasteiger partial charge on any atom is -0.370 e. The lowest BCUT2D eigenvalue weighted by atomic mass is 10.1. The van der Waals surface area contributed by atoms with Crippen LogP contribution in [0.25, 0.3) is 0 Å². The third-order valence-corrected chi connectivity index (χ3v) is 3.97. The van der Waals surface area contributed by atoms with Crippen LogP contribution in [0.2, 0.25) is 0 Å². The van der Waals surface area contributed by atoms with E-state index >= 15 is 0 Å². The van der Waals surface area contributed by atoms with Crippen molar-refractivity contribution >= 4 is 34.9 Å². The molecule has 1 unspecified atom stereocenters. The number of nitrogens with one attached hydrogen (secondary N) is 4. The molecule has 0 amide bonds. The van der Waals surface area contributed by atoms with Crippen LogP contribution < -0.4 is 21.3 Å². The molecule has 0 radical (unpaired) electrons. The molecule has 20 heavy (non-hydrogen) atoms. The van der Waals surface area contributed by atoms with Gasteiger partial charge in [0.25, 0.3) is 0 Å². The molecule has 1 atom stereocenters. The van der Waals surface area contributed by atoms with E-state index < -0.39 is 0 Å². The molecule has 0 spiro atoms. The highest BCUT2D eigenvalue weighted by Crippen LogP contribution is 2.26. The van der Waals surface area contributed by atoms with E-state index in [4.69, 9.17) is 23.2 Å². The molecule has 8 heteroatoms. The van der Waals surface area contributed by atoms with Crippen LogP contribution in [-0.2, 0) is 0 Å². The van der Waals surface area contributed by atoms with Crippen molar-refractivity contribution in [2.45, 2.75) is 12.6 Å². The molecule has 1 saturated heterocycles. The fourth-order valence-corrected chi connectivity index (χ4v) is 2.75. The van der Waals surface area contributed by atoms with E-state index in [1.165, 1.54) is 0 Å². The van der Waals surface area contributed by atoms with E-state index in [1.54, 1.807) is 0 Å². The van der Waals surface area contributed by atoms with Crippen molar-refractivity contribution in [3.8, 4) is 0 Å². The van der Waals surface area contributed by atoms with Crippen LogP contribution in [0.4, 0.5) is 0 Å². The molecule has 0 bridgehead atoms. The van der Waals surface area contributed by atoms with Crippen LogP contribution >= 0.6 is 23.2 Å². The Labute approximate surface area is 127 Å². The fourth-order valence-electron chi connectivity index (χ4n) is 2.21. The van der Waals surface area contributed by atoms with Gasteiger partial charge in [0, 0.05) is 31.9 Å². The first-order valence-corrected chi connectivity index (χ1v) is 7.32. The Morgan fingerprint density at radius 2 is 2.30 bits per heavy atom. The standard InChI is InChI=1S/C12H16Cl2N6/c13-7-1-2-8(19-9-5-15-6-18-9)10(14)11(7)20-12-16-3-4-17-12/h1,9,15,18-19H,2-6H2,(H,16,17). The Bertz CT molecular complexity index is 516. The first-order valence-electron chi connectivity index (χ1n) is 6.57. The summed E-state index contributed by atoms with van der Waals surface area (Å²) in [6.07, 6.45) is 2.76. The van der Waals surface area contributed by atoms with Crippen molar-refractivity contribution in [2.24, 2.45) is 9.98 Å². The predicted molar refractivity (Wildman–Crippen MR) is 82.1 cm³/mol. The molecule has 0 aromatic carbocycles. The van der Waals surface area contributed by atoms with Gasteiger partial charge in [-0.1, -0.05) is 29.3 Å². The van der Waals surface area contributed by atoms with Crippen LogP contribution in [0, 0.1) is 0 Å². The molecule has 0 aromatic rings. The Hall–Kier alpha value is -1.08. The molecule has 0 aromatic heterocycles. The van der Waals surface area contributed by atoms with Gasteiger partial charge in [-0.2, -0.15) is 0 Å². The largest absolute Gasteiger partial charge is 0.370 e. The molecule has 4 N–H and O–H groups in total. The molecule has 3 aliphatic rings. The summed E-state index contributed by atoms with van der Waals surface area (Å²) in [6.45, 7) is 3.18. The second kappa shape index (κ2) is 6.13. The second-order valence-electron chi connectivity index (χ2n) is 4.67. The highest BCUT2D eigenvalue weighted by molar-refractivity contribution is 6.57. The molecule has 2 aliphatic heterocycles. The number of aliphatic imine (C=N–C) groups is 2. The molecular formula is C12H16Cl2N6. The highest BCUT2D eigenvalue weighted by atomic mass is 35.5. The van der Waals surface area contributed by atoms with Crippen molar-refractivity contribution in [2.75, 3.05) is 26.3 Å². The maximum absolute atomic E-state index is 6.43. The first-order chi connectivity index (χ1) is 9.74. The minimum atomic E-state index is 0.173. The van der Waals surface area contributed by atoms with Crippen LogP contribution in [-0.4, -0.2) is 44.1 Å². The van der Waals surface area contributed by atoms with E-state index in [9.17, 15) is 0 Å². The molecule has 3 rings (SSSR count). The minimum absolute atomic E-state index is 0.173. The molecule has 2 heterocycles. The summed E-state index contributed by atoms with van der Waals surface area (Å²) in [5.41, 5.74) is 1.50. The van der Waals surface area contributed by atoms with Gasteiger partial charge in [0.15, 0.2) is 0 Å². The van der Waals surface area contributed by atoms with Crippen molar-refractivity contribution < 1.29 is 0 Å². The smallest absolute Gasteiger partial charge is 0.218 e.